The van der Waals surface area contributed by atoms with Crippen LogP contribution in [-0.4, -0.2) is 58.5 Å². The summed E-state index contributed by atoms with van der Waals surface area (Å²) in [6.07, 6.45) is 5.28. The molecular formula is C6H22As2N2O8. The summed E-state index contributed by atoms with van der Waals surface area (Å²) in [5.41, 5.74) is 7.54. The van der Waals surface area contributed by atoms with Gasteiger partial charge in [0.1, 0.15) is 0 Å². The SMILES string of the molecule is O=[As]([O-])(O)O.O=[As]([O-])(O)O.[NH3+]CCCCCC[NH3+]. The largest absolute Gasteiger partial charge is 0.358 e. The van der Waals surface area contributed by atoms with Crippen LogP contribution >= 0.6 is 0 Å². The van der Waals surface area contributed by atoms with Gasteiger partial charge in [-0.05, 0) is 25.7 Å². The molecule has 10 N–H and O–H groups in total. The van der Waals surface area contributed by atoms with Gasteiger partial charge in [-0.3, -0.25) is 0 Å². The molecule has 0 aromatic rings. The second-order valence-corrected chi connectivity index (χ2v) is 7.22. The van der Waals surface area contributed by atoms with Crippen LogP contribution in [0.4, 0.5) is 0 Å². The van der Waals surface area contributed by atoms with Crippen LogP contribution in [0.3, 0.4) is 0 Å². The Labute approximate surface area is 111 Å². The summed E-state index contributed by atoms with van der Waals surface area (Å²) in [7, 11) is 0. The molecule has 0 spiro atoms. The summed E-state index contributed by atoms with van der Waals surface area (Å²) in [4.78, 5) is 0. The minimum absolute atomic E-state index is 1.09. The Kier molecular flexibility index (Phi) is 18.0. The third-order valence-electron chi connectivity index (χ3n) is 1.25. The topological polar surface area (TPSA) is 216 Å². The normalized spacial score (nSPS) is 10.9. The van der Waals surface area contributed by atoms with Crippen LogP contribution in [0, 0.1) is 0 Å². The van der Waals surface area contributed by atoms with Gasteiger partial charge in [0.15, 0.2) is 0 Å². The van der Waals surface area contributed by atoms with E-state index in [1.54, 1.807) is 0 Å². The number of rotatable bonds is 5. The van der Waals surface area contributed by atoms with Crippen LogP contribution < -0.4 is 19.7 Å². The fraction of sp³-hybridized carbons (Fsp3) is 1.00. The van der Waals surface area contributed by atoms with E-state index in [1.165, 1.54) is 25.7 Å². The molecule has 0 aromatic carbocycles. The van der Waals surface area contributed by atoms with Crippen molar-refractivity contribution < 1.29 is 43.5 Å². The first kappa shape index (κ1) is 23.5. The third-order valence-corrected chi connectivity index (χ3v) is 1.25. The van der Waals surface area contributed by atoms with Gasteiger partial charge in [-0.15, -0.1) is 0 Å². The van der Waals surface area contributed by atoms with Gasteiger partial charge in [-0.1, -0.05) is 0 Å². The van der Waals surface area contributed by atoms with Crippen molar-refractivity contribution in [1.29, 1.82) is 0 Å². The molecule has 0 unspecified atom stereocenters. The van der Waals surface area contributed by atoms with Crippen LogP contribution in [0.15, 0.2) is 0 Å². The average Bonchev–Trinajstić information content (AvgIpc) is 2.07. The zero-order valence-corrected chi connectivity index (χ0v) is 13.7. The minimum Gasteiger partial charge on any atom is -0.358 e. The number of hydrogen-bond acceptors (Lipinski definition) is 4. The molecule has 0 amide bonds. The first-order valence-corrected chi connectivity index (χ1v) is 11.5. The van der Waals surface area contributed by atoms with Crippen molar-refractivity contribution in [3.63, 3.8) is 0 Å². The van der Waals surface area contributed by atoms with E-state index in [0.717, 1.165) is 13.1 Å². The van der Waals surface area contributed by atoms with E-state index in [9.17, 15) is 0 Å². The molecule has 114 valence electrons. The van der Waals surface area contributed by atoms with Gasteiger partial charge in [0.25, 0.3) is 0 Å². The second-order valence-electron chi connectivity index (χ2n) is 3.10. The Hall–Kier alpha value is 0.397. The maximum Gasteiger partial charge on any atom is 0.0739 e. The zero-order chi connectivity index (χ0) is 15.2. The second kappa shape index (κ2) is 13.8. The van der Waals surface area contributed by atoms with Crippen molar-refractivity contribution in [2.24, 2.45) is 0 Å². The van der Waals surface area contributed by atoms with E-state index < -0.39 is 29.0 Å². The number of quaternary nitrogens is 2. The molecule has 18 heavy (non-hydrogen) atoms. The van der Waals surface area contributed by atoms with E-state index in [0.29, 0.717) is 0 Å². The van der Waals surface area contributed by atoms with Crippen molar-refractivity contribution in [3.8, 4) is 0 Å². The summed E-state index contributed by atoms with van der Waals surface area (Å²) >= 11 is -10.8. The van der Waals surface area contributed by atoms with Gasteiger partial charge in [0.05, 0.1) is 13.1 Å². The van der Waals surface area contributed by atoms with Crippen LogP contribution in [0.1, 0.15) is 25.7 Å². The molecule has 0 aliphatic heterocycles. The molecule has 0 bridgehead atoms. The van der Waals surface area contributed by atoms with E-state index in [-0.39, 0.29) is 0 Å². The van der Waals surface area contributed by atoms with Gasteiger partial charge >= 0.3 is 61.1 Å². The Bertz CT molecular complexity index is 209. The molecule has 0 aliphatic carbocycles. The molecule has 0 rings (SSSR count). The molecule has 0 aromatic heterocycles. The number of hydrogen-bond donors (Lipinski definition) is 6. The fourth-order valence-corrected chi connectivity index (χ4v) is 0.707. The fourth-order valence-electron chi connectivity index (χ4n) is 0.707. The molecular weight excluding hydrogens is 378 g/mol. The molecule has 0 radical (unpaired) electrons. The van der Waals surface area contributed by atoms with Gasteiger partial charge in [-0.25, -0.2) is 0 Å². The quantitative estimate of drug-likeness (QED) is 0.192. The number of unbranched alkanes of at least 4 members (excludes halogenated alkanes) is 3. The van der Waals surface area contributed by atoms with Crippen molar-refractivity contribution >= 4 is 29.0 Å². The van der Waals surface area contributed by atoms with E-state index >= 15 is 0 Å². The minimum atomic E-state index is -5.38. The van der Waals surface area contributed by atoms with Gasteiger partial charge in [0, 0.05) is 0 Å². The molecule has 10 nitrogen and oxygen atoms in total. The molecule has 0 fully saturated rings. The molecule has 0 heterocycles. The van der Waals surface area contributed by atoms with Crippen molar-refractivity contribution in [2.45, 2.75) is 25.7 Å². The zero-order valence-electron chi connectivity index (χ0n) is 9.97. The molecule has 0 aliphatic rings. The van der Waals surface area contributed by atoms with E-state index in [4.69, 9.17) is 32.1 Å². The van der Waals surface area contributed by atoms with Gasteiger partial charge < -0.3 is 11.5 Å². The summed E-state index contributed by atoms with van der Waals surface area (Å²) in [5, 5.41) is 0. The van der Waals surface area contributed by atoms with Gasteiger partial charge in [-0.2, -0.15) is 0 Å². The average molecular weight is 400 g/mol. The van der Waals surface area contributed by atoms with Crippen LogP contribution in [-0.2, 0) is 7.48 Å². The molecule has 0 atom stereocenters. The summed E-state index contributed by atoms with van der Waals surface area (Å²) in [6, 6.07) is 0. The predicted octanol–water partition coefficient (Wildman–Crippen LogP) is -6.57. The Morgan fingerprint density at radius 1 is 0.722 bits per heavy atom. The summed E-state index contributed by atoms with van der Waals surface area (Å²) < 4.78 is 63.9. The molecule has 0 saturated carbocycles. The smallest absolute Gasteiger partial charge is 0.0739 e. The van der Waals surface area contributed by atoms with Crippen LogP contribution in [0.5, 0.6) is 0 Å². The predicted molar refractivity (Wildman–Crippen MR) is 55.7 cm³/mol. The standard InChI is InChI=1S/C6H16N2.2AsH3O4/c7-5-3-1-2-4-6-8;2*2-1(3,4)5/h1-8H2;2*(H3,2,3,4,5). The molecule has 12 heteroatoms. The van der Waals surface area contributed by atoms with Crippen molar-refractivity contribution in [2.75, 3.05) is 13.1 Å². The maximum absolute atomic E-state index is 8.83. The first-order valence-electron chi connectivity index (χ1n) is 5.03. The van der Waals surface area contributed by atoms with E-state index in [2.05, 4.69) is 11.5 Å². The first-order chi connectivity index (χ1) is 7.91. The Morgan fingerprint density at radius 3 is 1.00 bits per heavy atom. The van der Waals surface area contributed by atoms with Crippen LogP contribution in [0.2, 0.25) is 0 Å². The maximum atomic E-state index is 8.83. The third kappa shape index (κ3) is 133. The van der Waals surface area contributed by atoms with Crippen LogP contribution in [0.25, 0.3) is 0 Å². The van der Waals surface area contributed by atoms with Crippen molar-refractivity contribution in [1.82, 2.24) is 0 Å². The summed E-state index contributed by atoms with van der Waals surface area (Å²) in [5.74, 6) is 0. The monoisotopic (exact) mass is 400 g/mol. The Balaban J connectivity index is -0.000000197. The van der Waals surface area contributed by atoms with E-state index in [1.807, 2.05) is 0 Å². The molecule has 0 saturated heterocycles. The van der Waals surface area contributed by atoms with Gasteiger partial charge in [0.2, 0.25) is 0 Å². The van der Waals surface area contributed by atoms with Crippen molar-refractivity contribution in [3.05, 3.63) is 0 Å². The Morgan fingerprint density at radius 2 is 0.889 bits per heavy atom. The summed E-state index contributed by atoms with van der Waals surface area (Å²) in [6.45, 7) is 2.19.